The molecule has 2 N–H and O–H groups in total. The second-order valence-corrected chi connectivity index (χ2v) is 6.71. The average molecular weight is 366 g/mol. The minimum Gasteiger partial charge on any atom is -0.372 e. The number of nitrogens with one attached hydrogen (secondary N) is 2. The quantitative estimate of drug-likeness (QED) is 0.736. The third-order valence-corrected chi connectivity index (χ3v) is 4.63. The number of unbranched alkanes of at least 4 members (excludes halogenated alkanes) is 1. The molecule has 6 heteroatoms. The molecule has 3 rings (SSSR count). The number of benzene rings is 1. The minimum atomic E-state index is -0.327. The van der Waals surface area contributed by atoms with Crippen molar-refractivity contribution in [2.45, 2.75) is 32.6 Å². The molecular weight excluding hydrogens is 340 g/mol. The first-order chi connectivity index (χ1) is 13.2. The average Bonchev–Trinajstić information content (AvgIpc) is 3.23. The maximum atomic E-state index is 12.5. The van der Waals surface area contributed by atoms with Gasteiger partial charge in [-0.15, -0.1) is 0 Å². The first kappa shape index (κ1) is 18.9. The Morgan fingerprint density at radius 3 is 2.33 bits per heavy atom. The van der Waals surface area contributed by atoms with E-state index in [1.165, 1.54) is 18.5 Å². The van der Waals surface area contributed by atoms with E-state index in [-0.39, 0.29) is 23.2 Å². The van der Waals surface area contributed by atoms with Gasteiger partial charge in [-0.3, -0.25) is 9.59 Å². The van der Waals surface area contributed by atoms with Crippen molar-refractivity contribution in [2.75, 3.05) is 29.9 Å². The van der Waals surface area contributed by atoms with Crippen LogP contribution in [0.2, 0.25) is 0 Å². The molecule has 1 fully saturated rings. The summed E-state index contributed by atoms with van der Waals surface area (Å²) in [6, 6.07) is 12.7. The summed E-state index contributed by atoms with van der Waals surface area (Å²) in [7, 11) is 0. The highest BCUT2D eigenvalue weighted by Gasteiger charge is 2.14. The summed E-state index contributed by atoms with van der Waals surface area (Å²) in [5.74, 6) is -0.583. The van der Waals surface area contributed by atoms with Crippen molar-refractivity contribution in [3.63, 3.8) is 0 Å². The fourth-order valence-corrected chi connectivity index (χ4v) is 3.08. The van der Waals surface area contributed by atoms with Crippen LogP contribution in [-0.2, 0) is 0 Å². The normalized spacial score (nSPS) is 13.4. The van der Waals surface area contributed by atoms with Crippen molar-refractivity contribution in [2.24, 2.45) is 0 Å². The van der Waals surface area contributed by atoms with Gasteiger partial charge in [-0.1, -0.05) is 19.4 Å². The molecule has 1 saturated heterocycles. The van der Waals surface area contributed by atoms with E-state index in [1.54, 1.807) is 18.2 Å². The molecule has 1 aromatic heterocycles. The molecule has 27 heavy (non-hydrogen) atoms. The van der Waals surface area contributed by atoms with Gasteiger partial charge in [-0.25, -0.2) is 4.98 Å². The van der Waals surface area contributed by atoms with E-state index in [9.17, 15) is 9.59 Å². The number of amides is 2. The van der Waals surface area contributed by atoms with E-state index in [0.29, 0.717) is 12.2 Å². The number of hydrogen-bond acceptors (Lipinski definition) is 4. The largest absolute Gasteiger partial charge is 0.372 e. The molecule has 6 nitrogen and oxygen atoms in total. The molecule has 0 saturated carbocycles. The summed E-state index contributed by atoms with van der Waals surface area (Å²) >= 11 is 0. The van der Waals surface area contributed by atoms with E-state index in [4.69, 9.17) is 0 Å². The van der Waals surface area contributed by atoms with E-state index < -0.39 is 0 Å². The fourth-order valence-electron chi connectivity index (χ4n) is 3.08. The van der Waals surface area contributed by atoms with E-state index in [0.717, 1.165) is 25.9 Å². The lowest BCUT2D eigenvalue weighted by Crippen LogP contribution is -2.26. The molecular formula is C21H26N4O2. The summed E-state index contributed by atoms with van der Waals surface area (Å²) in [5, 5.41) is 5.65. The van der Waals surface area contributed by atoms with Gasteiger partial charge in [-0.2, -0.15) is 0 Å². The molecule has 1 aromatic carbocycles. The second-order valence-electron chi connectivity index (χ2n) is 6.71. The first-order valence-corrected chi connectivity index (χ1v) is 9.59. The molecule has 2 heterocycles. The van der Waals surface area contributed by atoms with Crippen molar-refractivity contribution >= 4 is 23.2 Å². The Morgan fingerprint density at radius 1 is 1.00 bits per heavy atom. The van der Waals surface area contributed by atoms with Crippen LogP contribution >= 0.6 is 0 Å². The van der Waals surface area contributed by atoms with Crippen LogP contribution in [0.4, 0.5) is 11.4 Å². The smallest absolute Gasteiger partial charge is 0.274 e. The zero-order chi connectivity index (χ0) is 19.1. The van der Waals surface area contributed by atoms with Gasteiger partial charge in [0.25, 0.3) is 11.8 Å². The Kier molecular flexibility index (Phi) is 6.41. The van der Waals surface area contributed by atoms with Gasteiger partial charge in [-0.05, 0) is 55.7 Å². The van der Waals surface area contributed by atoms with Crippen LogP contribution in [0, 0.1) is 0 Å². The van der Waals surface area contributed by atoms with Crippen LogP contribution in [0.15, 0.2) is 42.5 Å². The van der Waals surface area contributed by atoms with Gasteiger partial charge in [0.05, 0.1) is 0 Å². The van der Waals surface area contributed by atoms with Crippen molar-refractivity contribution in [3.05, 3.63) is 53.9 Å². The van der Waals surface area contributed by atoms with Crippen molar-refractivity contribution < 1.29 is 9.59 Å². The zero-order valence-electron chi connectivity index (χ0n) is 15.7. The Bertz CT molecular complexity index is 783. The maximum absolute atomic E-state index is 12.5. The highest BCUT2D eigenvalue weighted by atomic mass is 16.2. The van der Waals surface area contributed by atoms with Gasteiger partial charge < -0.3 is 15.5 Å². The summed E-state index contributed by atoms with van der Waals surface area (Å²) in [6.07, 6.45) is 4.38. The summed E-state index contributed by atoms with van der Waals surface area (Å²) in [5.41, 5.74) is 2.36. The highest BCUT2D eigenvalue weighted by Crippen LogP contribution is 2.22. The van der Waals surface area contributed by atoms with Crippen LogP contribution in [-0.4, -0.2) is 36.4 Å². The van der Waals surface area contributed by atoms with Crippen LogP contribution in [0.3, 0.4) is 0 Å². The molecule has 1 aliphatic heterocycles. The van der Waals surface area contributed by atoms with Gasteiger partial charge in [0, 0.05) is 31.0 Å². The number of pyridine rings is 1. The number of carbonyl (C=O) groups is 2. The minimum absolute atomic E-state index is 0.224. The monoisotopic (exact) mass is 366 g/mol. The number of rotatable bonds is 7. The van der Waals surface area contributed by atoms with Crippen LogP contribution < -0.4 is 15.5 Å². The Balaban J connectivity index is 1.62. The third-order valence-electron chi connectivity index (χ3n) is 4.63. The SMILES string of the molecule is CCCCNC(=O)c1cccc(C(=O)Nc2ccc(N3CCCC3)cc2)n1. The van der Waals surface area contributed by atoms with Crippen molar-refractivity contribution in [3.8, 4) is 0 Å². The van der Waals surface area contributed by atoms with Crippen LogP contribution in [0.25, 0.3) is 0 Å². The Labute approximate surface area is 160 Å². The van der Waals surface area contributed by atoms with Crippen molar-refractivity contribution in [1.29, 1.82) is 0 Å². The van der Waals surface area contributed by atoms with E-state index in [1.807, 2.05) is 24.3 Å². The van der Waals surface area contributed by atoms with E-state index in [2.05, 4.69) is 27.4 Å². The Morgan fingerprint density at radius 2 is 1.67 bits per heavy atom. The third kappa shape index (κ3) is 5.06. The number of nitrogens with zero attached hydrogens (tertiary/aromatic N) is 2. The number of aromatic nitrogens is 1. The predicted octanol–water partition coefficient (Wildman–Crippen LogP) is 3.46. The number of hydrogen-bond donors (Lipinski definition) is 2. The maximum Gasteiger partial charge on any atom is 0.274 e. The van der Waals surface area contributed by atoms with Gasteiger partial charge in [0.2, 0.25) is 0 Å². The lowest BCUT2D eigenvalue weighted by Gasteiger charge is -2.17. The van der Waals surface area contributed by atoms with E-state index >= 15 is 0 Å². The van der Waals surface area contributed by atoms with Gasteiger partial charge in [0.1, 0.15) is 11.4 Å². The van der Waals surface area contributed by atoms with Crippen LogP contribution in [0.5, 0.6) is 0 Å². The van der Waals surface area contributed by atoms with Gasteiger partial charge in [0.15, 0.2) is 0 Å². The number of carbonyl (C=O) groups excluding carboxylic acids is 2. The molecule has 2 amide bonds. The molecule has 0 spiro atoms. The molecule has 0 aliphatic carbocycles. The second kappa shape index (κ2) is 9.16. The molecule has 142 valence electrons. The van der Waals surface area contributed by atoms with Crippen molar-refractivity contribution in [1.82, 2.24) is 10.3 Å². The number of anilines is 2. The molecule has 0 atom stereocenters. The molecule has 0 bridgehead atoms. The molecule has 0 unspecified atom stereocenters. The summed E-state index contributed by atoms with van der Waals surface area (Å²) in [4.78, 5) is 31.1. The lowest BCUT2D eigenvalue weighted by molar-refractivity contribution is 0.0948. The molecule has 1 aliphatic rings. The zero-order valence-corrected chi connectivity index (χ0v) is 15.7. The summed E-state index contributed by atoms with van der Waals surface area (Å²) < 4.78 is 0. The highest BCUT2D eigenvalue weighted by molar-refractivity contribution is 6.03. The van der Waals surface area contributed by atoms with Crippen LogP contribution in [0.1, 0.15) is 53.6 Å². The lowest BCUT2D eigenvalue weighted by atomic mass is 10.2. The topological polar surface area (TPSA) is 74.3 Å². The Hall–Kier alpha value is -2.89. The van der Waals surface area contributed by atoms with Gasteiger partial charge >= 0.3 is 0 Å². The molecule has 0 radical (unpaired) electrons. The predicted molar refractivity (Wildman–Crippen MR) is 107 cm³/mol. The standard InChI is InChI=1S/C21H26N4O2/c1-2-3-13-22-20(26)18-7-6-8-19(24-18)21(27)23-16-9-11-17(12-10-16)25-14-4-5-15-25/h6-12H,2-5,13-15H2,1H3,(H,22,26)(H,23,27). The fraction of sp³-hybridized carbons (Fsp3) is 0.381. The molecule has 2 aromatic rings. The summed E-state index contributed by atoms with van der Waals surface area (Å²) in [6.45, 7) is 4.84. The first-order valence-electron chi connectivity index (χ1n) is 9.59.